The third-order valence-electron chi connectivity index (χ3n) is 5.93. The molecule has 2 bridgehead atoms. The van der Waals surface area contributed by atoms with Crippen LogP contribution in [0.4, 0.5) is 0 Å². The summed E-state index contributed by atoms with van der Waals surface area (Å²) in [5.74, 6) is 0.636. The molecule has 0 N–H and O–H groups in total. The summed E-state index contributed by atoms with van der Waals surface area (Å²) in [4.78, 5) is 2.36. The van der Waals surface area contributed by atoms with Crippen molar-refractivity contribution < 1.29 is 13.2 Å². The third kappa shape index (κ3) is 2.59. The van der Waals surface area contributed by atoms with Gasteiger partial charge in [0.1, 0.15) is 0 Å². The Morgan fingerprint density at radius 3 is 2.96 bits per heavy atom. The minimum atomic E-state index is -3.61. The van der Waals surface area contributed by atoms with Crippen LogP contribution in [0.5, 0.6) is 0 Å². The van der Waals surface area contributed by atoms with E-state index in [1.807, 2.05) is 6.07 Å². The average molecular weight is 361 g/mol. The lowest BCUT2D eigenvalue weighted by Gasteiger charge is -2.31. The molecule has 0 radical (unpaired) electrons. The van der Waals surface area contributed by atoms with E-state index in [2.05, 4.69) is 19.0 Å². The van der Waals surface area contributed by atoms with Crippen molar-refractivity contribution in [2.75, 3.05) is 33.7 Å². The molecular formula is C18H23N3O3S. The predicted molar refractivity (Wildman–Crippen MR) is 92.3 cm³/mol. The summed E-state index contributed by atoms with van der Waals surface area (Å²) in [6.45, 7) is 1.86. The van der Waals surface area contributed by atoms with Gasteiger partial charge in [0.2, 0.25) is 10.0 Å². The molecule has 0 unspecified atom stereocenters. The number of sulfonamides is 1. The van der Waals surface area contributed by atoms with Crippen molar-refractivity contribution in [1.82, 2.24) is 9.21 Å². The van der Waals surface area contributed by atoms with Crippen LogP contribution in [0.25, 0.3) is 0 Å². The second-order valence-electron chi connectivity index (χ2n) is 7.73. The standard InChI is InChI=1S/C18H23N3O3S/c1-20(2)10-15-16-11-21(12-18(16)7-6-17(15)24-18)25(22,23)14-5-3-4-13(8-14)9-19/h3-5,8,15-17H,6-7,10-12H2,1-2H3/t15-,16+,17+,18+/m0/s1. The largest absolute Gasteiger partial charge is 0.370 e. The maximum absolute atomic E-state index is 13.1. The van der Waals surface area contributed by atoms with Crippen molar-refractivity contribution in [1.29, 1.82) is 5.26 Å². The number of ether oxygens (including phenoxy) is 1. The normalized spacial score (nSPS) is 34.4. The fourth-order valence-electron chi connectivity index (χ4n) is 4.87. The van der Waals surface area contributed by atoms with Crippen LogP contribution in [0.15, 0.2) is 29.2 Å². The molecule has 7 heteroatoms. The second kappa shape index (κ2) is 5.78. The fourth-order valence-corrected chi connectivity index (χ4v) is 6.44. The van der Waals surface area contributed by atoms with Crippen LogP contribution in [0, 0.1) is 23.2 Å². The van der Waals surface area contributed by atoms with Crippen LogP contribution in [-0.2, 0) is 14.8 Å². The molecule has 1 aromatic rings. The zero-order chi connectivity index (χ0) is 17.8. The Morgan fingerprint density at radius 2 is 2.24 bits per heavy atom. The Kier molecular flexibility index (Phi) is 3.92. The summed E-state index contributed by atoms with van der Waals surface area (Å²) in [6.07, 6.45) is 2.22. The number of hydrogen-bond acceptors (Lipinski definition) is 5. The van der Waals surface area contributed by atoms with Crippen LogP contribution < -0.4 is 0 Å². The van der Waals surface area contributed by atoms with Gasteiger partial charge < -0.3 is 9.64 Å². The first kappa shape index (κ1) is 17.0. The van der Waals surface area contributed by atoms with E-state index in [1.165, 1.54) is 6.07 Å². The van der Waals surface area contributed by atoms with Crippen molar-refractivity contribution in [2.24, 2.45) is 11.8 Å². The van der Waals surface area contributed by atoms with E-state index in [9.17, 15) is 8.42 Å². The molecule has 3 saturated heterocycles. The van der Waals surface area contributed by atoms with Gasteiger partial charge >= 0.3 is 0 Å². The SMILES string of the molecule is CN(C)C[C@H]1[C@H]2CN(S(=O)(=O)c3cccc(C#N)c3)C[C@]23CC[C@H]1O3. The second-order valence-corrected chi connectivity index (χ2v) is 9.67. The fraction of sp³-hybridized carbons (Fsp3) is 0.611. The zero-order valence-electron chi connectivity index (χ0n) is 14.6. The van der Waals surface area contributed by atoms with Gasteiger partial charge in [-0.25, -0.2) is 8.42 Å². The summed E-state index contributed by atoms with van der Waals surface area (Å²) in [5, 5.41) is 9.04. The lowest BCUT2D eigenvalue weighted by Crippen LogP contribution is -2.40. The smallest absolute Gasteiger partial charge is 0.243 e. The van der Waals surface area contributed by atoms with Crippen LogP contribution >= 0.6 is 0 Å². The van der Waals surface area contributed by atoms with Crippen LogP contribution in [0.2, 0.25) is 0 Å². The van der Waals surface area contributed by atoms with Crippen molar-refractivity contribution in [3.63, 3.8) is 0 Å². The molecule has 0 amide bonds. The minimum absolute atomic E-state index is 0.196. The highest BCUT2D eigenvalue weighted by molar-refractivity contribution is 7.89. The van der Waals surface area contributed by atoms with Crippen molar-refractivity contribution >= 4 is 10.0 Å². The van der Waals surface area contributed by atoms with Crippen molar-refractivity contribution in [3.8, 4) is 6.07 Å². The lowest BCUT2D eigenvalue weighted by molar-refractivity contribution is 0.00739. The predicted octanol–water partition coefficient (Wildman–Crippen LogP) is 1.29. The Hall–Kier alpha value is -1.46. The molecule has 0 aromatic heterocycles. The van der Waals surface area contributed by atoms with Crippen LogP contribution in [0.3, 0.4) is 0 Å². The maximum Gasteiger partial charge on any atom is 0.243 e. The molecule has 4 atom stereocenters. The first-order valence-corrected chi connectivity index (χ1v) is 10.1. The Morgan fingerprint density at radius 1 is 1.44 bits per heavy atom. The Labute approximate surface area is 149 Å². The van der Waals surface area contributed by atoms with Gasteiger partial charge in [0.25, 0.3) is 0 Å². The first-order chi connectivity index (χ1) is 11.9. The molecule has 4 rings (SSSR count). The van der Waals surface area contributed by atoms with E-state index in [-0.39, 0.29) is 22.5 Å². The van der Waals surface area contributed by atoms with Gasteiger partial charge in [-0.05, 0) is 45.1 Å². The molecule has 3 heterocycles. The van der Waals surface area contributed by atoms with Crippen LogP contribution in [-0.4, -0.2) is 63.1 Å². The monoisotopic (exact) mass is 361 g/mol. The molecule has 25 heavy (non-hydrogen) atoms. The quantitative estimate of drug-likeness (QED) is 0.808. The van der Waals surface area contributed by atoms with E-state index in [0.29, 0.717) is 24.6 Å². The molecule has 1 aromatic carbocycles. The Bertz CT molecular complexity index is 832. The van der Waals surface area contributed by atoms with E-state index in [4.69, 9.17) is 10.00 Å². The van der Waals surface area contributed by atoms with Gasteiger partial charge in [0, 0.05) is 31.5 Å². The highest BCUT2D eigenvalue weighted by Gasteiger charge is 2.64. The van der Waals surface area contributed by atoms with Gasteiger partial charge in [-0.3, -0.25) is 0 Å². The van der Waals surface area contributed by atoms with E-state index in [1.54, 1.807) is 22.5 Å². The molecule has 134 valence electrons. The molecule has 6 nitrogen and oxygen atoms in total. The van der Waals surface area contributed by atoms with Gasteiger partial charge in [-0.1, -0.05) is 6.07 Å². The molecule has 3 aliphatic rings. The van der Waals surface area contributed by atoms with E-state index >= 15 is 0 Å². The van der Waals surface area contributed by atoms with Gasteiger partial charge in [-0.15, -0.1) is 0 Å². The molecule has 3 fully saturated rings. The zero-order valence-corrected chi connectivity index (χ0v) is 15.4. The topological polar surface area (TPSA) is 73.6 Å². The number of fused-ring (bicyclic) bond motifs is 1. The van der Waals surface area contributed by atoms with E-state index in [0.717, 1.165) is 19.4 Å². The first-order valence-electron chi connectivity index (χ1n) is 8.69. The molecule has 0 aliphatic carbocycles. The number of hydrogen-bond donors (Lipinski definition) is 0. The van der Waals surface area contributed by atoms with Crippen LogP contribution in [0.1, 0.15) is 18.4 Å². The summed E-state index contributed by atoms with van der Waals surface area (Å²) >= 11 is 0. The molecular weight excluding hydrogens is 338 g/mol. The molecule has 1 spiro atoms. The summed E-state index contributed by atoms with van der Waals surface area (Å²) in [6, 6.07) is 8.27. The maximum atomic E-state index is 13.1. The summed E-state index contributed by atoms with van der Waals surface area (Å²) in [5.41, 5.74) is 0.0481. The molecule has 3 aliphatic heterocycles. The third-order valence-corrected chi connectivity index (χ3v) is 7.74. The average Bonchev–Trinajstić information content (AvgIpc) is 3.24. The number of nitriles is 1. The number of nitrogens with zero attached hydrogens (tertiary/aromatic N) is 3. The summed E-state index contributed by atoms with van der Waals surface area (Å²) < 4.78 is 34.1. The lowest BCUT2D eigenvalue weighted by atomic mass is 9.73. The highest BCUT2D eigenvalue weighted by atomic mass is 32.2. The van der Waals surface area contributed by atoms with Crippen molar-refractivity contribution in [2.45, 2.75) is 29.4 Å². The number of benzene rings is 1. The highest BCUT2D eigenvalue weighted by Crippen LogP contribution is 2.55. The Balaban J connectivity index is 1.62. The minimum Gasteiger partial charge on any atom is -0.370 e. The molecule has 0 saturated carbocycles. The van der Waals surface area contributed by atoms with E-state index < -0.39 is 10.0 Å². The van der Waals surface area contributed by atoms with Gasteiger partial charge in [-0.2, -0.15) is 9.57 Å². The summed E-state index contributed by atoms with van der Waals surface area (Å²) in [7, 11) is 0.496. The van der Waals surface area contributed by atoms with Gasteiger partial charge in [0.05, 0.1) is 28.2 Å². The van der Waals surface area contributed by atoms with Crippen molar-refractivity contribution in [3.05, 3.63) is 29.8 Å². The van der Waals surface area contributed by atoms with Gasteiger partial charge in [0.15, 0.2) is 0 Å². The number of rotatable bonds is 4.